The molecule has 1 atom stereocenters. The smallest absolute Gasteiger partial charge is 0.297 e. The van der Waals surface area contributed by atoms with E-state index in [4.69, 9.17) is 16.0 Å². The molecular formula is C19H9BrClN3O3S. The number of carbonyl (C=O) groups is 1. The maximum absolute atomic E-state index is 13.3. The van der Waals surface area contributed by atoms with Gasteiger partial charge in [-0.25, -0.2) is 0 Å². The molecule has 1 aliphatic heterocycles. The van der Waals surface area contributed by atoms with Crippen molar-refractivity contribution < 1.29 is 9.21 Å². The molecule has 0 bridgehead atoms. The molecule has 0 spiro atoms. The van der Waals surface area contributed by atoms with Crippen LogP contribution in [0.25, 0.3) is 11.0 Å². The maximum atomic E-state index is 13.3. The van der Waals surface area contributed by atoms with Crippen LogP contribution in [0.3, 0.4) is 0 Å². The third-order valence-electron chi connectivity index (χ3n) is 4.57. The summed E-state index contributed by atoms with van der Waals surface area (Å²) >= 11 is 10.7. The Balaban J connectivity index is 1.83. The first-order valence-electron chi connectivity index (χ1n) is 8.16. The SMILES string of the molecule is O=C1c2oc3ccc(Cl)cc3c(=O)c2C(c2ccc(Br)cc2)N1c1nncs1. The predicted octanol–water partition coefficient (Wildman–Crippen LogP) is 4.81. The van der Waals surface area contributed by atoms with Crippen LogP contribution in [-0.4, -0.2) is 16.1 Å². The molecule has 28 heavy (non-hydrogen) atoms. The molecule has 1 unspecified atom stereocenters. The van der Waals surface area contributed by atoms with Gasteiger partial charge in [-0.15, -0.1) is 10.2 Å². The van der Waals surface area contributed by atoms with Gasteiger partial charge in [0.15, 0.2) is 5.43 Å². The van der Waals surface area contributed by atoms with Gasteiger partial charge in [0.2, 0.25) is 10.9 Å². The Hall–Kier alpha value is -2.55. The molecule has 3 heterocycles. The largest absolute Gasteiger partial charge is 0.450 e. The zero-order chi connectivity index (χ0) is 19.4. The molecular weight excluding hydrogens is 466 g/mol. The molecule has 1 aliphatic rings. The number of fused-ring (bicyclic) bond motifs is 2. The summed E-state index contributed by atoms with van der Waals surface area (Å²) < 4.78 is 6.74. The second kappa shape index (κ2) is 6.51. The van der Waals surface area contributed by atoms with E-state index in [1.807, 2.05) is 24.3 Å². The lowest BCUT2D eigenvalue weighted by atomic mass is 9.99. The predicted molar refractivity (Wildman–Crippen MR) is 110 cm³/mol. The van der Waals surface area contributed by atoms with Crippen molar-refractivity contribution in [2.75, 3.05) is 4.90 Å². The van der Waals surface area contributed by atoms with Crippen molar-refractivity contribution in [3.05, 3.63) is 84.6 Å². The Bertz CT molecular complexity index is 1290. The number of anilines is 1. The number of nitrogens with zero attached hydrogens (tertiary/aromatic N) is 3. The molecule has 0 N–H and O–H groups in total. The third-order valence-corrected chi connectivity index (χ3v) is 6.03. The average Bonchev–Trinajstić information content (AvgIpc) is 3.30. The van der Waals surface area contributed by atoms with E-state index in [-0.39, 0.29) is 16.8 Å². The summed E-state index contributed by atoms with van der Waals surface area (Å²) in [7, 11) is 0. The summed E-state index contributed by atoms with van der Waals surface area (Å²) in [5.41, 5.74) is 2.61. The highest BCUT2D eigenvalue weighted by molar-refractivity contribution is 9.10. The first-order valence-corrected chi connectivity index (χ1v) is 10.2. The van der Waals surface area contributed by atoms with Crippen molar-refractivity contribution >= 4 is 60.9 Å². The van der Waals surface area contributed by atoms with Gasteiger partial charge in [-0.2, -0.15) is 0 Å². The fourth-order valence-electron chi connectivity index (χ4n) is 3.38. The fourth-order valence-corrected chi connectivity index (χ4v) is 4.40. The Morgan fingerprint density at radius 1 is 1.14 bits per heavy atom. The normalized spacial score (nSPS) is 16.0. The molecule has 0 saturated carbocycles. The number of aromatic nitrogens is 2. The van der Waals surface area contributed by atoms with E-state index < -0.39 is 11.9 Å². The van der Waals surface area contributed by atoms with E-state index in [0.717, 1.165) is 10.0 Å². The molecule has 138 valence electrons. The molecule has 4 aromatic rings. The topological polar surface area (TPSA) is 76.3 Å². The van der Waals surface area contributed by atoms with Crippen molar-refractivity contribution in [1.29, 1.82) is 0 Å². The molecule has 2 aromatic carbocycles. The Labute approximate surface area is 175 Å². The summed E-state index contributed by atoms with van der Waals surface area (Å²) in [5, 5.41) is 9.02. The molecule has 1 amide bonds. The molecule has 0 saturated heterocycles. The highest BCUT2D eigenvalue weighted by Crippen LogP contribution is 2.41. The van der Waals surface area contributed by atoms with Crippen LogP contribution in [0.15, 0.2) is 61.7 Å². The average molecular weight is 475 g/mol. The van der Waals surface area contributed by atoms with Gasteiger partial charge < -0.3 is 4.42 Å². The van der Waals surface area contributed by atoms with Crippen LogP contribution in [0.1, 0.15) is 27.7 Å². The molecule has 6 nitrogen and oxygen atoms in total. The highest BCUT2D eigenvalue weighted by Gasteiger charge is 2.44. The molecule has 0 aliphatic carbocycles. The quantitative estimate of drug-likeness (QED) is 0.417. The van der Waals surface area contributed by atoms with Gasteiger partial charge in [0.1, 0.15) is 11.1 Å². The van der Waals surface area contributed by atoms with Gasteiger partial charge >= 0.3 is 0 Å². The molecule has 9 heteroatoms. The van der Waals surface area contributed by atoms with Crippen molar-refractivity contribution in [2.45, 2.75) is 6.04 Å². The van der Waals surface area contributed by atoms with Gasteiger partial charge in [0, 0.05) is 9.50 Å². The zero-order valence-electron chi connectivity index (χ0n) is 13.9. The monoisotopic (exact) mass is 473 g/mol. The Morgan fingerprint density at radius 3 is 2.64 bits per heavy atom. The zero-order valence-corrected chi connectivity index (χ0v) is 17.1. The van der Waals surface area contributed by atoms with E-state index in [0.29, 0.717) is 21.1 Å². The summed E-state index contributed by atoms with van der Waals surface area (Å²) in [6, 6.07) is 11.5. The number of rotatable bonds is 2. The fraction of sp³-hybridized carbons (Fsp3) is 0.0526. The van der Waals surface area contributed by atoms with Crippen LogP contribution in [0.5, 0.6) is 0 Å². The van der Waals surface area contributed by atoms with E-state index in [1.165, 1.54) is 21.7 Å². The van der Waals surface area contributed by atoms with E-state index in [1.54, 1.807) is 18.2 Å². The number of carbonyl (C=O) groups excluding carboxylic acids is 1. The lowest BCUT2D eigenvalue weighted by Gasteiger charge is -2.22. The molecule has 5 rings (SSSR count). The van der Waals surface area contributed by atoms with Crippen molar-refractivity contribution in [1.82, 2.24) is 10.2 Å². The lowest BCUT2D eigenvalue weighted by molar-refractivity contribution is 0.0970. The van der Waals surface area contributed by atoms with Gasteiger partial charge in [-0.05, 0) is 35.9 Å². The highest BCUT2D eigenvalue weighted by atomic mass is 79.9. The standard InChI is InChI=1S/C19H9BrClN3O3S/c20-10-3-1-9(2-4-10)15-14-16(25)12-7-11(21)5-6-13(12)27-17(14)18(26)24(15)19-23-22-8-28-19/h1-8,15H. The summed E-state index contributed by atoms with van der Waals surface area (Å²) in [6.07, 6.45) is 0. The van der Waals surface area contributed by atoms with Gasteiger partial charge in [-0.1, -0.05) is 51.0 Å². The first kappa shape index (κ1) is 17.5. The van der Waals surface area contributed by atoms with E-state index in [2.05, 4.69) is 26.1 Å². The molecule has 0 radical (unpaired) electrons. The second-order valence-electron chi connectivity index (χ2n) is 6.17. The van der Waals surface area contributed by atoms with Gasteiger partial charge in [0.05, 0.1) is 17.0 Å². The minimum Gasteiger partial charge on any atom is -0.450 e. The minimum absolute atomic E-state index is 0.0166. The van der Waals surface area contributed by atoms with Gasteiger partial charge in [0.25, 0.3) is 5.91 Å². The Kier molecular flexibility index (Phi) is 4.08. The van der Waals surface area contributed by atoms with E-state index in [9.17, 15) is 9.59 Å². The third kappa shape index (κ3) is 2.60. The van der Waals surface area contributed by atoms with Crippen molar-refractivity contribution in [3.8, 4) is 0 Å². The lowest BCUT2D eigenvalue weighted by Crippen LogP contribution is -2.29. The van der Waals surface area contributed by atoms with Crippen molar-refractivity contribution in [2.24, 2.45) is 0 Å². The Morgan fingerprint density at radius 2 is 1.93 bits per heavy atom. The summed E-state index contributed by atoms with van der Waals surface area (Å²) in [5.74, 6) is -0.406. The number of hydrogen-bond acceptors (Lipinski definition) is 6. The summed E-state index contributed by atoms with van der Waals surface area (Å²) in [4.78, 5) is 28.0. The second-order valence-corrected chi connectivity index (χ2v) is 8.33. The van der Waals surface area contributed by atoms with Crippen LogP contribution < -0.4 is 10.3 Å². The van der Waals surface area contributed by atoms with Crippen LogP contribution in [-0.2, 0) is 0 Å². The number of hydrogen-bond donors (Lipinski definition) is 0. The molecule has 0 fully saturated rings. The number of halogens is 2. The van der Waals surface area contributed by atoms with Crippen LogP contribution in [0, 0.1) is 0 Å². The van der Waals surface area contributed by atoms with Crippen LogP contribution in [0.4, 0.5) is 5.13 Å². The first-order chi connectivity index (χ1) is 13.5. The van der Waals surface area contributed by atoms with Crippen LogP contribution >= 0.6 is 38.9 Å². The van der Waals surface area contributed by atoms with Crippen LogP contribution in [0.2, 0.25) is 5.02 Å². The molecule has 2 aromatic heterocycles. The van der Waals surface area contributed by atoms with Gasteiger partial charge in [-0.3, -0.25) is 14.5 Å². The number of benzene rings is 2. The summed E-state index contributed by atoms with van der Waals surface area (Å²) in [6.45, 7) is 0. The van der Waals surface area contributed by atoms with E-state index >= 15 is 0 Å². The van der Waals surface area contributed by atoms with Crippen molar-refractivity contribution in [3.63, 3.8) is 0 Å². The number of amides is 1. The maximum Gasteiger partial charge on any atom is 0.297 e. The minimum atomic E-state index is -0.664.